The van der Waals surface area contributed by atoms with Gasteiger partial charge in [0.1, 0.15) is 5.82 Å². The van der Waals surface area contributed by atoms with Crippen molar-refractivity contribution in [3.63, 3.8) is 0 Å². The minimum atomic E-state index is -0.415. The molecule has 0 aliphatic carbocycles. The van der Waals surface area contributed by atoms with Gasteiger partial charge in [-0.05, 0) is 18.9 Å². The third-order valence-corrected chi connectivity index (χ3v) is 2.80. The molecule has 6 heteroatoms. The Labute approximate surface area is 104 Å². The lowest BCUT2D eigenvalue weighted by Crippen LogP contribution is -1.90. The topological polar surface area (TPSA) is 92.1 Å². The van der Waals surface area contributed by atoms with Crippen LogP contribution in [-0.2, 0) is 6.42 Å². The van der Waals surface area contributed by atoms with Gasteiger partial charge in [-0.2, -0.15) is 0 Å². The third-order valence-electron chi connectivity index (χ3n) is 2.80. The minimum Gasteiger partial charge on any atom is -0.396 e. The Balaban J connectivity index is 2.09. The van der Waals surface area contributed by atoms with Crippen LogP contribution in [-0.4, -0.2) is 26.6 Å². The SMILES string of the molecule is O=[N+]([O-])c1ccc2nc(CCCCCO)[nH]c2c1. The van der Waals surface area contributed by atoms with Gasteiger partial charge in [-0.3, -0.25) is 10.1 Å². The average Bonchev–Trinajstić information content (AvgIpc) is 2.76. The fraction of sp³-hybridized carbons (Fsp3) is 0.417. The molecule has 1 aromatic heterocycles. The maximum atomic E-state index is 10.6. The molecule has 1 heterocycles. The number of aryl methyl sites for hydroxylation is 1. The van der Waals surface area contributed by atoms with Gasteiger partial charge < -0.3 is 10.1 Å². The number of aromatic amines is 1. The summed E-state index contributed by atoms with van der Waals surface area (Å²) in [5, 5.41) is 19.3. The summed E-state index contributed by atoms with van der Waals surface area (Å²) in [6.07, 6.45) is 3.49. The van der Waals surface area contributed by atoms with Gasteiger partial charge in [-0.25, -0.2) is 4.98 Å². The Hall–Kier alpha value is -1.95. The van der Waals surface area contributed by atoms with E-state index in [0.717, 1.165) is 37.0 Å². The zero-order valence-electron chi connectivity index (χ0n) is 9.93. The summed E-state index contributed by atoms with van der Waals surface area (Å²) in [4.78, 5) is 17.7. The van der Waals surface area contributed by atoms with Gasteiger partial charge in [0.25, 0.3) is 5.69 Å². The molecule has 0 spiro atoms. The fourth-order valence-corrected chi connectivity index (χ4v) is 1.86. The number of benzene rings is 1. The van der Waals surface area contributed by atoms with Crippen LogP contribution < -0.4 is 0 Å². The van der Waals surface area contributed by atoms with Crippen LogP contribution in [0.3, 0.4) is 0 Å². The van der Waals surface area contributed by atoms with Crippen LogP contribution in [0.2, 0.25) is 0 Å². The highest BCUT2D eigenvalue weighted by Crippen LogP contribution is 2.19. The molecular weight excluding hydrogens is 234 g/mol. The predicted molar refractivity (Wildman–Crippen MR) is 67.4 cm³/mol. The molecule has 0 bridgehead atoms. The van der Waals surface area contributed by atoms with E-state index in [0.29, 0.717) is 5.52 Å². The Morgan fingerprint density at radius 1 is 1.33 bits per heavy atom. The number of nitrogens with zero attached hydrogens (tertiary/aromatic N) is 2. The Morgan fingerprint density at radius 3 is 2.89 bits per heavy atom. The molecule has 0 fully saturated rings. The second-order valence-electron chi connectivity index (χ2n) is 4.18. The van der Waals surface area contributed by atoms with Crippen molar-refractivity contribution in [1.29, 1.82) is 0 Å². The zero-order chi connectivity index (χ0) is 13.0. The zero-order valence-corrected chi connectivity index (χ0v) is 9.93. The Bertz CT molecular complexity index is 550. The van der Waals surface area contributed by atoms with Crippen molar-refractivity contribution in [3.8, 4) is 0 Å². The van der Waals surface area contributed by atoms with E-state index < -0.39 is 4.92 Å². The van der Waals surface area contributed by atoms with Crippen LogP contribution in [0.5, 0.6) is 0 Å². The highest BCUT2D eigenvalue weighted by molar-refractivity contribution is 5.77. The number of nitro groups is 1. The molecule has 0 radical (unpaired) electrons. The third kappa shape index (κ3) is 2.84. The van der Waals surface area contributed by atoms with Crippen LogP contribution in [0.25, 0.3) is 11.0 Å². The molecular formula is C12H15N3O3. The second kappa shape index (κ2) is 5.59. The Morgan fingerprint density at radius 2 is 2.17 bits per heavy atom. The molecule has 2 rings (SSSR count). The van der Waals surface area contributed by atoms with E-state index in [-0.39, 0.29) is 12.3 Å². The first-order valence-electron chi connectivity index (χ1n) is 5.94. The van der Waals surface area contributed by atoms with E-state index >= 15 is 0 Å². The summed E-state index contributed by atoms with van der Waals surface area (Å²) in [6, 6.07) is 4.61. The molecule has 0 atom stereocenters. The van der Waals surface area contributed by atoms with Crippen molar-refractivity contribution in [2.45, 2.75) is 25.7 Å². The van der Waals surface area contributed by atoms with Crippen molar-refractivity contribution in [1.82, 2.24) is 9.97 Å². The molecule has 18 heavy (non-hydrogen) atoms. The quantitative estimate of drug-likeness (QED) is 0.466. The maximum absolute atomic E-state index is 10.6. The molecule has 96 valence electrons. The molecule has 1 aromatic carbocycles. The summed E-state index contributed by atoms with van der Waals surface area (Å²) in [6.45, 7) is 0.215. The van der Waals surface area contributed by atoms with E-state index in [2.05, 4.69) is 9.97 Å². The number of non-ortho nitro benzene ring substituents is 1. The van der Waals surface area contributed by atoms with Crippen molar-refractivity contribution >= 4 is 16.7 Å². The summed E-state index contributed by atoms with van der Waals surface area (Å²) in [7, 11) is 0. The van der Waals surface area contributed by atoms with Gasteiger partial charge in [0.2, 0.25) is 0 Å². The molecule has 2 aromatic rings. The van der Waals surface area contributed by atoms with Crippen molar-refractivity contribution in [2.24, 2.45) is 0 Å². The maximum Gasteiger partial charge on any atom is 0.271 e. The van der Waals surface area contributed by atoms with Gasteiger partial charge in [-0.1, -0.05) is 6.42 Å². The van der Waals surface area contributed by atoms with Gasteiger partial charge >= 0.3 is 0 Å². The first-order chi connectivity index (χ1) is 8.70. The molecule has 6 nitrogen and oxygen atoms in total. The van der Waals surface area contributed by atoms with Crippen molar-refractivity contribution in [2.75, 3.05) is 6.61 Å². The highest BCUT2D eigenvalue weighted by atomic mass is 16.6. The number of nitro benzene ring substituents is 1. The number of H-pyrrole nitrogens is 1. The van der Waals surface area contributed by atoms with E-state index in [4.69, 9.17) is 5.11 Å². The Kier molecular flexibility index (Phi) is 3.88. The number of imidazole rings is 1. The van der Waals surface area contributed by atoms with Gasteiger partial charge in [0, 0.05) is 25.2 Å². The lowest BCUT2D eigenvalue weighted by Gasteiger charge is -1.95. The first-order valence-corrected chi connectivity index (χ1v) is 5.94. The number of aliphatic hydroxyl groups excluding tert-OH is 1. The molecule has 0 aliphatic rings. The molecule has 0 amide bonds. The van der Waals surface area contributed by atoms with Crippen molar-refractivity contribution in [3.05, 3.63) is 34.1 Å². The van der Waals surface area contributed by atoms with E-state index in [9.17, 15) is 10.1 Å². The molecule has 0 saturated heterocycles. The highest BCUT2D eigenvalue weighted by Gasteiger charge is 2.09. The molecule has 0 aliphatic heterocycles. The second-order valence-corrected chi connectivity index (χ2v) is 4.18. The molecule has 0 saturated carbocycles. The number of hydrogen-bond acceptors (Lipinski definition) is 4. The van der Waals surface area contributed by atoms with Gasteiger partial charge in [-0.15, -0.1) is 0 Å². The van der Waals surface area contributed by atoms with Crippen LogP contribution in [0, 0.1) is 10.1 Å². The van der Waals surface area contributed by atoms with E-state index in [1.807, 2.05) is 0 Å². The van der Waals surface area contributed by atoms with Crippen LogP contribution in [0.1, 0.15) is 25.1 Å². The van der Waals surface area contributed by atoms with Crippen LogP contribution in [0.4, 0.5) is 5.69 Å². The molecule has 0 unspecified atom stereocenters. The van der Waals surface area contributed by atoms with Crippen LogP contribution in [0.15, 0.2) is 18.2 Å². The number of fused-ring (bicyclic) bond motifs is 1. The summed E-state index contributed by atoms with van der Waals surface area (Å²) in [5.74, 6) is 0.837. The van der Waals surface area contributed by atoms with Gasteiger partial charge in [0.15, 0.2) is 0 Å². The monoisotopic (exact) mass is 249 g/mol. The molecule has 2 N–H and O–H groups in total. The average molecular weight is 249 g/mol. The number of aromatic nitrogens is 2. The number of nitrogens with one attached hydrogen (secondary N) is 1. The smallest absolute Gasteiger partial charge is 0.271 e. The van der Waals surface area contributed by atoms with E-state index in [1.54, 1.807) is 6.07 Å². The fourth-order valence-electron chi connectivity index (χ4n) is 1.86. The summed E-state index contributed by atoms with van der Waals surface area (Å²) < 4.78 is 0. The number of hydrogen-bond donors (Lipinski definition) is 2. The number of rotatable bonds is 6. The first kappa shape index (κ1) is 12.5. The van der Waals surface area contributed by atoms with E-state index in [1.165, 1.54) is 12.1 Å². The van der Waals surface area contributed by atoms with Crippen LogP contribution >= 0.6 is 0 Å². The number of aliphatic hydroxyl groups is 1. The summed E-state index contributed by atoms with van der Waals surface area (Å²) in [5.41, 5.74) is 1.51. The largest absolute Gasteiger partial charge is 0.396 e. The van der Waals surface area contributed by atoms with Crippen molar-refractivity contribution < 1.29 is 10.0 Å². The predicted octanol–water partition coefficient (Wildman–Crippen LogP) is 2.18. The normalized spacial score (nSPS) is 10.9. The van der Waals surface area contributed by atoms with Gasteiger partial charge in [0.05, 0.1) is 16.0 Å². The minimum absolute atomic E-state index is 0.0676. The lowest BCUT2D eigenvalue weighted by molar-refractivity contribution is -0.384. The number of unbranched alkanes of at least 4 members (excludes halogenated alkanes) is 2. The lowest BCUT2D eigenvalue weighted by atomic mass is 10.2. The summed E-state index contributed by atoms with van der Waals surface area (Å²) >= 11 is 0. The standard InChI is InChI=1S/C12H15N3O3/c16-7-3-1-2-4-12-13-10-6-5-9(15(17)18)8-11(10)14-12/h5-6,8,16H,1-4,7H2,(H,13,14).